The Bertz CT molecular complexity index is 957. The highest BCUT2D eigenvalue weighted by Crippen LogP contribution is 2.24. The number of nitrogens with two attached hydrogens (primary N) is 1. The van der Waals surface area contributed by atoms with Gasteiger partial charge in [0.05, 0.1) is 11.9 Å². The molecule has 7 nitrogen and oxygen atoms in total. The number of hydrogen-bond donors (Lipinski definition) is 2. The SMILES string of the molecule is Nc1nc(Nc2cncc3ccccc23)nn1-c1ccccn1. The van der Waals surface area contributed by atoms with Gasteiger partial charge in [0.15, 0.2) is 5.82 Å². The van der Waals surface area contributed by atoms with Crippen LogP contribution in [-0.2, 0) is 0 Å². The van der Waals surface area contributed by atoms with Gasteiger partial charge in [0.1, 0.15) is 0 Å². The first-order chi connectivity index (χ1) is 11.3. The number of fused-ring (bicyclic) bond motifs is 1. The Morgan fingerprint density at radius 2 is 1.87 bits per heavy atom. The minimum absolute atomic E-state index is 0.263. The summed E-state index contributed by atoms with van der Waals surface area (Å²) in [5.41, 5.74) is 6.75. The molecule has 0 aliphatic rings. The van der Waals surface area contributed by atoms with Crippen molar-refractivity contribution in [1.29, 1.82) is 0 Å². The number of nitrogen functional groups attached to an aromatic ring is 1. The number of benzene rings is 1. The van der Waals surface area contributed by atoms with Gasteiger partial charge in [-0.3, -0.25) is 4.98 Å². The van der Waals surface area contributed by atoms with Crippen LogP contribution in [-0.4, -0.2) is 24.7 Å². The zero-order valence-corrected chi connectivity index (χ0v) is 12.1. The van der Waals surface area contributed by atoms with Crippen molar-refractivity contribution in [3.63, 3.8) is 0 Å². The van der Waals surface area contributed by atoms with Crippen molar-refractivity contribution in [3.8, 4) is 5.82 Å². The highest BCUT2D eigenvalue weighted by Gasteiger charge is 2.11. The maximum Gasteiger partial charge on any atom is 0.248 e. The van der Waals surface area contributed by atoms with Gasteiger partial charge in [0.2, 0.25) is 11.9 Å². The van der Waals surface area contributed by atoms with Crippen LogP contribution in [0.3, 0.4) is 0 Å². The summed E-state index contributed by atoms with van der Waals surface area (Å²) in [5.74, 6) is 1.27. The number of nitrogens with zero attached hydrogens (tertiary/aromatic N) is 5. The Morgan fingerprint density at radius 3 is 2.74 bits per heavy atom. The van der Waals surface area contributed by atoms with Gasteiger partial charge in [-0.05, 0) is 12.1 Å². The molecule has 0 unspecified atom stereocenters. The molecule has 4 rings (SSSR count). The van der Waals surface area contributed by atoms with E-state index in [0.29, 0.717) is 11.8 Å². The first-order valence-corrected chi connectivity index (χ1v) is 7.05. The molecule has 0 aliphatic heterocycles. The summed E-state index contributed by atoms with van der Waals surface area (Å²) in [6.45, 7) is 0. The lowest BCUT2D eigenvalue weighted by molar-refractivity contribution is 0.859. The number of rotatable bonds is 3. The van der Waals surface area contributed by atoms with E-state index in [1.54, 1.807) is 12.4 Å². The van der Waals surface area contributed by atoms with E-state index in [-0.39, 0.29) is 5.95 Å². The van der Waals surface area contributed by atoms with Crippen LogP contribution in [0.4, 0.5) is 17.6 Å². The van der Waals surface area contributed by atoms with Crippen LogP contribution < -0.4 is 11.1 Å². The van der Waals surface area contributed by atoms with E-state index in [1.165, 1.54) is 4.68 Å². The molecule has 0 amide bonds. The molecule has 0 spiro atoms. The molecule has 23 heavy (non-hydrogen) atoms. The molecule has 1 aromatic carbocycles. The Hall–Kier alpha value is -3.48. The van der Waals surface area contributed by atoms with Gasteiger partial charge in [0.25, 0.3) is 0 Å². The van der Waals surface area contributed by atoms with E-state index < -0.39 is 0 Å². The van der Waals surface area contributed by atoms with E-state index in [2.05, 4.69) is 25.4 Å². The number of nitrogens with one attached hydrogen (secondary N) is 1. The lowest BCUT2D eigenvalue weighted by atomic mass is 10.1. The van der Waals surface area contributed by atoms with Gasteiger partial charge >= 0.3 is 0 Å². The Labute approximate surface area is 131 Å². The summed E-state index contributed by atoms with van der Waals surface area (Å²) in [7, 11) is 0. The molecule has 0 aliphatic carbocycles. The molecule has 0 radical (unpaired) electrons. The molecule has 3 N–H and O–H groups in total. The van der Waals surface area contributed by atoms with Gasteiger partial charge in [-0.15, -0.1) is 5.10 Å². The third kappa shape index (κ3) is 2.44. The lowest BCUT2D eigenvalue weighted by Crippen LogP contribution is -2.04. The molecule has 112 valence electrons. The molecule has 0 atom stereocenters. The Kier molecular flexibility index (Phi) is 3.09. The minimum Gasteiger partial charge on any atom is -0.368 e. The van der Waals surface area contributed by atoms with E-state index in [1.807, 2.05) is 48.7 Å². The highest BCUT2D eigenvalue weighted by molar-refractivity contribution is 5.93. The molecule has 3 heterocycles. The average molecular weight is 303 g/mol. The van der Waals surface area contributed by atoms with Gasteiger partial charge in [0, 0.05) is 23.2 Å². The molecule has 0 fully saturated rings. The second-order valence-corrected chi connectivity index (χ2v) is 4.93. The minimum atomic E-state index is 0.263. The second-order valence-electron chi connectivity index (χ2n) is 4.93. The average Bonchev–Trinajstić information content (AvgIpc) is 2.96. The number of aromatic nitrogens is 5. The third-order valence-corrected chi connectivity index (χ3v) is 3.41. The zero-order chi connectivity index (χ0) is 15.6. The molecule has 0 saturated carbocycles. The molecule has 0 saturated heterocycles. The van der Waals surface area contributed by atoms with Crippen LogP contribution in [0.15, 0.2) is 61.1 Å². The fraction of sp³-hybridized carbons (Fsp3) is 0. The Balaban J connectivity index is 1.72. The van der Waals surface area contributed by atoms with Crippen molar-refractivity contribution in [2.75, 3.05) is 11.1 Å². The quantitative estimate of drug-likeness (QED) is 0.604. The van der Waals surface area contributed by atoms with Crippen molar-refractivity contribution in [2.45, 2.75) is 0 Å². The molecule has 4 aromatic rings. The number of hydrogen-bond acceptors (Lipinski definition) is 6. The predicted molar refractivity (Wildman–Crippen MR) is 88.6 cm³/mol. The summed E-state index contributed by atoms with van der Waals surface area (Å²) < 4.78 is 1.49. The molecule has 3 aromatic heterocycles. The molecular formula is C16H13N7. The molecule has 7 heteroatoms. The maximum absolute atomic E-state index is 5.93. The Morgan fingerprint density at radius 1 is 1.00 bits per heavy atom. The standard InChI is InChI=1S/C16H13N7/c17-15-21-16(22-23(15)14-7-3-4-8-19-14)20-13-10-18-9-11-5-1-2-6-12(11)13/h1-10H,(H3,17,20,21,22). The smallest absolute Gasteiger partial charge is 0.248 e. The fourth-order valence-corrected chi connectivity index (χ4v) is 2.36. The van der Waals surface area contributed by atoms with Gasteiger partial charge in [-0.25, -0.2) is 4.98 Å². The lowest BCUT2D eigenvalue weighted by Gasteiger charge is -2.05. The predicted octanol–water partition coefficient (Wildman–Crippen LogP) is 2.54. The third-order valence-electron chi connectivity index (χ3n) is 3.41. The van der Waals surface area contributed by atoms with E-state index in [4.69, 9.17) is 5.73 Å². The van der Waals surface area contributed by atoms with E-state index >= 15 is 0 Å². The summed E-state index contributed by atoms with van der Waals surface area (Å²) in [6.07, 6.45) is 5.23. The number of anilines is 3. The number of pyridine rings is 2. The van der Waals surface area contributed by atoms with Crippen LogP contribution in [0.5, 0.6) is 0 Å². The first kappa shape index (κ1) is 13.2. The van der Waals surface area contributed by atoms with Crippen LogP contribution >= 0.6 is 0 Å². The summed E-state index contributed by atoms with van der Waals surface area (Å²) >= 11 is 0. The van der Waals surface area contributed by atoms with Crippen molar-refractivity contribution in [3.05, 3.63) is 61.1 Å². The summed E-state index contributed by atoms with van der Waals surface area (Å²) in [5, 5.41) is 9.60. The topological polar surface area (TPSA) is 94.5 Å². The summed E-state index contributed by atoms with van der Waals surface area (Å²) in [4.78, 5) is 12.7. The van der Waals surface area contributed by atoms with Crippen LogP contribution in [0.1, 0.15) is 0 Å². The fourth-order valence-electron chi connectivity index (χ4n) is 2.36. The van der Waals surface area contributed by atoms with E-state index in [9.17, 15) is 0 Å². The van der Waals surface area contributed by atoms with E-state index in [0.717, 1.165) is 16.5 Å². The zero-order valence-electron chi connectivity index (χ0n) is 12.1. The molecular weight excluding hydrogens is 290 g/mol. The van der Waals surface area contributed by atoms with Crippen LogP contribution in [0, 0.1) is 0 Å². The van der Waals surface area contributed by atoms with Gasteiger partial charge in [-0.1, -0.05) is 30.3 Å². The maximum atomic E-state index is 5.93. The second kappa shape index (κ2) is 5.38. The molecule has 0 bridgehead atoms. The van der Waals surface area contributed by atoms with Crippen LogP contribution in [0.2, 0.25) is 0 Å². The largest absolute Gasteiger partial charge is 0.368 e. The first-order valence-electron chi connectivity index (χ1n) is 7.05. The van der Waals surface area contributed by atoms with Crippen molar-refractivity contribution >= 4 is 28.4 Å². The van der Waals surface area contributed by atoms with Crippen molar-refractivity contribution in [2.24, 2.45) is 0 Å². The summed E-state index contributed by atoms with van der Waals surface area (Å²) in [6, 6.07) is 13.5. The van der Waals surface area contributed by atoms with Crippen LogP contribution in [0.25, 0.3) is 16.6 Å². The van der Waals surface area contributed by atoms with Crippen molar-refractivity contribution in [1.82, 2.24) is 24.7 Å². The normalized spacial score (nSPS) is 10.8. The highest BCUT2D eigenvalue weighted by atomic mass is 15.4. The monoisotopic (exact) mass is 303 g/mol. The van der Waals surface area contributed by atoms with Gasteiger partial charge < -0.3 is 11.1 Å². The van der Waals surface area contributed by atoms with Crippen molar-refractivity contribution < 1.29 is 0 Å². The van der Waals surface area contributed by atoms with Gasteiger partial charge in [-0.2, -0.15) is 9.67 Å².